The summed E-state index contributed by atoms with van der Waals surface area (Å²) in [6, 6.07) is 19.1. The number of hydrogen-bond donors (Lipinski definition) is 1. The van der Waals surface area contributed by atoms with Gasteiger partial charge >= 0.3 is 0 Å². The average molecular weight is 348 g/mol. The van der Waals surface area contributed by atoms with Crippen molar-refractivity contribution in [2.45, 2.75) is 50.6 Å². The van der Waals surface area contributed by atoms with E-state index < -0.39 is 0 Å². The molecule has 1 saturated heterocycles. The van der Waals surface area contributed by atoms with Crippen molar-refractivity contribution < 1.29 is 4.79 Å². The van der Waals surface area contributed by atoms with Gasteiger partial charge in [0, 0.05) is 19.1 Å². The Labute approximate surface area is 156 Å². The van der Waals surface area contributed by atoms with E-state index >= 15 is 0 Å². The molecular weight excluding hydrogens is 320 g/mol. The molecule has 2 aromatic rings. The molecule has 1 fully saturated rings. The SMILES string of the molecule is O=C([C@@H](N[C@H]1CCc2ccccc2C1)c1ccccc1)N1CCCCC1. The number of hydrogen-bond acceptors (Lipinski definition) is 2. The molecule has 2 aromatic carbocycles. The third-order valence-electron chi connectivity index (χ3n) is 5.80. The quantitative estimate of drug-likeness (QED) is 0.909. The van der Waals surface area contributed by atoms with Crippen LogP contribution in [0.25, 0.3) is 0 Å². The third kappa shape index (κ3) is 3.83. The van der Waals surface area contributed by atoms with Gasteiger partial charge in [-0.15, -0.1) is 0 Å². The van der Waals surface area contributed by atoms with Crippen molar-refractivity contribution in [3.63, 3.8) is 0 Å². The van der Waals surface area contributed by atoms with Gasteiger partial charge in [0.1, 0.15) is 6.04 Å². The number of piperidine rings is 1. The molecule has 1 aliphatic heterocycles. The summed E-state index contributed by atoms with van der Waals surface area (Å²) in [7, 11) is 0. The number of nitrogens with zero attached hydrogens (tertiary/aromatic N) is 1. The summed E-state index contributed by atoms with van der Waals surface area (Å²) >= 11 is 0. The van der Waals surface area contributed by atoms with Crippen LogP contribution in [0.3, 0.4) is 0 Å². The summed E-state index contributed by atoms with van der Waals surface area (Å²) < 4.78 is 0. The molecule has 0 spiro atoms. The minimum Gasteiger partial charge on any atom is -0.341 e. The summed E-state index contributed by atoms with van der Waals surface area (Å²) in [5.74, 6) is 0.245. The van der Waals surface area contributed by atoms with E-state index in [1.807, 2.05) is 18.2 Å². The van der Waals surface area contributed by atoms with E-state index in [9.17, 15) is 4.79 Å². The first-order chi connectivity index (χ1) is 12.8. The first kappa shape index (κ1) is 17.3. The minimum atomic E-state index is -0.232. The molecule has 0 saturated carbocycles. The summed E-state index contributed by atoms with van der Waals surface area (Å²) in [6.45, 7) is 1.80. The van der Waals surface area contributed by atoms with Gasteiger partial charge in [0.05, 0.1) is 0 Å². The van der Waals surface area contributed by atoms with E-state index in [1.165, 1.54) is 17.5 Å². The van der Waals surface area contributed by atoms with Crippen LogP contribution in [0.2, 0.25) is 0 Å². The van der Waals surface area contributed by atoms with Crippen LogP contribution in [0.4, 0.5) is 0 Å². The number of aryl methyl sites for hydroxylation is 1. The first-order valence-corrected chi connectivity index (χ1v) is 9.98. The zero-order chi connectivity index (χ0) is 17.8. The van der Waals surface area contributed by atoms with Gasteiger partial charge in [-0.05, 0) is 55.2 Å². The third-order valence-corrected chi connectivity index (χ3v) is 5.80. The molecule has 3 heteroatoms. The Kier molecular flexibility index (Phi) is 5.35. The van der Waals surface area contributed by atoms with Crippen molar-refractivity contribution in [1.29, 1.82) is 0 Å². The number of benzene rings is 2. The maximum atomic E-state index is 13.3. The molecule has 136 valence electrons. The fourth-order valence-corrected chi connectivity index (χ4v) is 4.33. The number of rotatable bonds is 4. The highest BCUT2D eigenvalue weighted by atomic mass is 16.2. The number of carbonyl (C=O) groups is 1. The molecule has 26 heavy (non-hydrogen) atoms. The molecule has 1 amide bonds. The monoisotopic (exact) mass is 348 g/mol. The van der Waals surface area contributed by atoms with E-state index in [0.717, 1.165) is 50.8 Å². The normalized spacial score (nSPS) is 21.1. The highest BCUT2D eigenvalue weighted by Gasteiger charge is 2.30. The Balaban J connectivity index is 1.53. The molecule has 0 aromatic heterocycles. The van der Waals surface area contributed by atoms with Crippen molar-refractivity contribution in [2.75, 3.05) is 13.1 Å². The summed E-state index contributed by atoms with van der Waals surface area (Å²) in [6.07, 6.45) is 6.69. The van der Waals surface area contributed by atoms with Gasteiger partial charge in [0.2, 0.25) is 5.91 Å². The van der Waals surface area contributed by atoms with Gasteiger partial charge in [-0.3, -0.25) is 10.1 Å². The number of nitrogens with one attached hydrogen (secondary N) is 1. The van der Waals surface area contributed by atoms with Crippen LogP contribution in [0.15, 0.2) is 54.6 Å². The van der Waals surface area contributed by atoms with Crippen LogP contribution in [0.1, 0.15) is 48.4 Å². The molecule has 0 bridgehead atoms. The standard InChI is InChI=1S/C23H28N2O/c26-23(25-15-7-2-8-16-25)22(19-10-3-1-4-11-19)24-21-14-13-18-9-5-6-12-20(18)17-21/h1,3-6,9-12,21-22,24H,2,7-8,13-17H2/t21-,22-/m0/s1. The lowest BCUT2D eigenvalue weighted by Crippen LogP contribution is -2.47. The Bertz CT molecular complexity index is 737. The number of fused-ring (bicyclic) bond motifs is 1. The highest BCUT2D eigenvalue weighted by molar-refractivity contribution is 5.83. The summed E-state index contributed by atoms with van der Waals surface area (Å²) in [4.78, 5) is 15.3. The molecule has 0 radical (unpaired) electrons. The maximum absolute atomic E-state index is 13.3. The average Bonchev–Trinajstić information content (AvgIpc) is 2.73. The van der Waals surface area contributed by atoms with Crippen LogP contribution < -0.4 is 5.32 Å². The van der Waals surface area contributed by atoms with Crippen molar-refractivity contribution in [3.8, 4) is 0 Å². The molecule has 2 atom stereocenters. The lowest BCUT2D eigenvalue weighted by Gasteiger charge is -2.34. The Morgan fingerprint density at radius 2 is 1.62 bits per heavy atom. The van der Waals surface area contributed by atoms with Crippen LogP contribution in [0, 0.1) is 0 Å². The predicted octanol–water partition coefficient (Wildman–Crippen LogP) is 3.89. The molecule has 1 N–H and O–H groups in total. The van der Waals surface area contributed by atoms with Gasteiger partial charge in [-0.1, -0.05) is 54.6 Å². The Hall–Kier alpha value is -2.13. The van der Waals surface area contributed by atoms with E-state index in [0.29, 0.717) is 6.04 Å². The topological polar surface area (TPSA) is 32.3 Å². The molecule has 4 rings (SSSR count). The molecule has 1 heterocycles. The lowest BCUT2D eigenvalue weighted by atomic mass is 9.87. The van der Waals surface area contributed by atoms with Gasteiger partial charge < -0.3 is 4.90 Å². The number of amides is 1. The van der Waals surface area contributed by atoms with Gasteiger partial charge in [-0.25, -0.2) is 0 Å². The maximum Gasteiger partial charge on any atom is 0.244 e. The van der Waals surface area contributed by atoms with Crippen molar-refractivity contribution in [1.82, 2.24) is 10.2 Å². The van der Waals surface area contributed by atoms with Gasteiger partial charge in [0.25, 0.3) is 0 Å². The Morgan fingerprint density at radius 3 is 2.38 bits per heavy atom. The van der Waals surface area contributed by atoms with Crippen LogP contribution in [0.5, 0.6) is 0 Å². The minimum absolute atomic E-state index is 0.232. The molecule has 2 aliphatic rings. The van der Waals surface area contributed by atoms with Gasteiger partial charge in [0.15, 0.2) is 0 Å². The summed E-state index contributed by atoms with van der Waals surface area (Å²) in [5, 5.41) is 3.72. The largest absolute Gasteiger partial charge is 0.341 e. The second kappa shape index (κ2) is 8.05. The zero-order valence-electron chi connectivity index (χ0n) is 15.4. The fraction of sp³-hybridized carbons (Fsp3) is 0.435. The fourth-order valence-electron chi connectivity index (χ4n) is 4.33. The highest BCUT2D eigenvalue weighted by Crippen LogP contribution is 2.25. The molecule has 3 nitrogen and oxygen atoms in total. The smallest absolute Gasteiger partial charge is 0.244 e. The van der Waals surface area contributed by atoms with Crippen molar-refractivity contribution in [2.24, 2.45) is 0 Å². The molecule has 0 unspecified atom stereocenters. The summed E-state index contributed by atoms with van der Waals surface area (Å²) in [5.41, 5.74) is 3.97. The van der Waals surface area contributed by atoms with E-state index in [-0.39, 0.29) is 11.9 Å². The second-order valence-electron chi connectivity index (χ2n) is 7.60. The van der Waals surface area contributed by atoms with E-state index in [4.69, 9.17) is 0 Å². The predicted molar refractivity (Wildman–Crippen MR) is 105 cm³/mol. The van der Waals surface area contributed by atoms with Crippen LogP contribution in [-0.4, -0.2) is 29.9 Å². The van der Waals surface area contributed by atoms with Crippen molar-refractivity contribution in [3.05, 3.63) is 71.3 Å². The van der Waals surface area contributed by atoms with Crippen LogP contribution in [-0.2, 0) is 17.6 Å². The zero-order valence-corrected chi connectivity index (χ0v) is 15.4. The second-order valence-corrected chi connectivity index (χ2v) is 7.60. The first-order valence-electron chi connectivity index (χ1n) is 9.98. The molecule has 1 aliphatic carbocycles. The number of likely N-dealkylation sites (tertiary alicyclic amines) is 1. The van der Waals surface area contributed by atoms with Crippen LogP contribution >= 0.6 is 0 Å². The lowest BCUT2D eigenvalue weighted by molar-refractivity contribution is -0.134. The van der Waals surface area contributed by atoms with Gasteiger partial charge in [-0.2, -0.15) is 0 Å². The Morgan fingerprint density at radius 1 is 0.923 bits per heavy atom. The van der Waals surface area contributed by atoms with Crippen molar-refractivity contribution >= 4 is 5.91 Å². The van der Waals surface area contributed by atoms with E-state index in [2.05, 4.69) is 46.6 Å². The van der Waals surface area contributed by atoms with E-state index in [1.54, 1.807) is 0 Å². The molecular formula is C23H28N2O. The number of carbonyl (C=O) groups excluding carboxylic acids is 1.